The van der Waals surface area contributed by atoms with Gasteiger partial charge in [-0.25, -0.2) is 9.18 Å². The van der Waals surface area contributed by atoms with E-state index in [-0.39, 0.29) is 24.8 Å². The molecule has 5 aliphatic rings. The molecule has 1 aromatic rings. The van der Waals surface area contributed by atoms with Crippen molar-refractivity contribution in [3.8, 4) is 0 Å². The first kappa shape index (κ1) is 34.1. The van der Waals surface area contributed by atoms with Crippen LogP contribution in [-0.2, 0) is 33.3 Å². The van der Waals surface area contributed by atoms with Crippen LogP contribution in [0, 0.1) is 28.5 Å². The number of carbonyl (C=O) groups excluding carboxylic acids is 2. The summed E-state index contributed by atoms with van der Waals surface area (Å²) in [5.74, 6) is -2.84. The van der Waals surface area contributed by atoms with E-state index in [2.05, 4.69) is 23.8 Å². The lowest BCUT2D eigenvalue weighted by Crippen LogP contribution is -2.77. The Hall–Kier alpha value is -2.74. The number of halogens is 1. The molecule has 3 heterocycles. The van der Waals surface area contributed by atoms with Gasteiger partial charge in [-0.15, -0.1) is 0 Å². The largest absolute Gasteiger partial charge is 0.456 e. The minimum Gasteiger partial charge on any atom is -0.456 e. The highest BCUT2D eigenvalue weighted by molar-refractivity contribution is 5.76. The second kappa shape index (κ2) is 11.7. The molecule has 4 fully saturated rings. The van der Waals surface area contributed by atoms with E-state index in [1.54, 1.807) is 13.1 Å². The number of hydrogen-bond acceptors (Lipinski definition) is 11. The smallest absolute Gasteiger partial charge is 0.337 e. The molecular formula is C35H47FN2O9. The van der Waals surface area contributed by atoms with Crippen molar-refractivity contribution in [3.63, 3.8) is 0 Å². The molecule has 12 heteroatoms. The Labute approximate surface area is 274 Å². The molecule has 0 radical (unpaired) electrons. The molecule has 47 heavy (non-hydrogen) atoms. The zero-order chi connectivity index (χ0) is 34.3. The Balaban J connectivity index is 1.45. The van der Waals surface area contributed by atoms with E-state index in [4.69, 9.17) is 23.7 Å². The molecule has 6 rings (SSSR count). The fraction of sp³-hybridized carbons (Fsp3) is 0.686. The molecule has 12 atom stereocenters. The lowest BCUT2D eigenvalue weighted by Gasteiger charge is -2.68. The van der Waals surface area contributed by atoms with Crippen molar-refractivity contribution >= 4 is 11.9 Å². The predicted octanol–water partition coefficient (Wildman–Crippen LogP) is 3.29. The van der Waals surface area contributed by atoms with Crippen LogP contribution in [0.5, 0.6) is 0 Å². The van der Waals surface area contributed by atoms with Crippen molar-refractivity contribution in [1.29, 1.82) is 0 Å². The quantitative estimate of drug-likeness (QED) is 0.293. The maximum absolute atomic E-state index is 13.6. The number of aliphatic hydroxyl groups excluding tert-OH is 1. The molecule has 3 aliphatic carbocycles. The number of aromatic nitrogens is 1. The minimum absolute atomic E-state index is 0.0192. The Morgan fingerprint density at radius 3 is 2.55 bits per heavy atom. The van der Waals surface area contributed by atoms with Gasteiger partial charge in [0.25, 0.3) is 0 Å². The van der Waals surface area contributed by atoms with Crippen LogP contribution in [0.1, 0.15) is 72.5 Å². The lowest BCUT2D eigenvalue weighted by molar-refractivity contribution is -0.337. The summed E-state index contributed by atoms with van der Waals surface area (Å²) >= 11 is 0. The van der Waals surface area contributed by atoms with Crippen LogP contribution >= 0.6 is 0 Å². The average Bonchev–Trinajstić information content (AvgIpc) is 3.43. The highest BCUT2D eigenvalue weighted by atomic mass is 19.1. The summed E-state index contributed by atoms with van der Waals surface area (Å²) in [5, 5.41) is 27.2. The number of hydrogen-bond donors (Lipinski definition) is 3. The molecule has 2 saturated heterocycles. The van der Waals surface area contributed by atoms with Gasteiger partial charge in [0.1, 0.15) is 24.1 Å². The molecule has 2 bridgehead atoms. The van der Waals surface area contributed by atoms with E-state index in [1.165, 1.54) is 19.1 Å². The van der Waals surface area contributed by atoms with Gasteiger partial charge in [-0.05, 0) is 62.1 Å². The highest BCUT2D eigenvalue weighted by Gasteiger charge is 2.75. The number of nitrogens with one attached hydrogen (secondary N) is 1. The number of pyridine rings is 1. The van der Waals surface area contributed by atoms with Gasteiger partial charge in [0, 0.05) is 30.1 Å². The number of fused-ring (bicyclic) bond motifs is 8. The van der Waals surface area contributed by atoms with E-state index < -0.39 is 88.4 Å². The summed E-state index contributed by atoms with van der Waals surface area (Å²) in [6, 6.07) is 1.61. The molecule has 0 amide bonds. The predicted molar refractivity (Wildman–Crippen MR) is 166 cm³/mol. The first-order chi connectivity index (χ1) is 22.1. The summed E-state index contributed by atoms with van der Waals surface area (Å²) in [6.45, 7) is 15.4. The normalized spacial score (nSPS) is 41.5. The third-order valence-electron chi connectivity index (χ3n) is 12.1. The monoisotopic (exact) mass is 658 g/mol. The van der Waals surface area contributed by atoms with Gasteiger partial charge in [-0.2, -0.15) is 0 Å². The number of rotatable bonds is 7. The first-order valence-corrected chi connectivity index (χ1v) is 16.4. The van der Waals surface area contributed by atoms with Crippen LogP contribution in [0.15, 0.2) is 42.1 Å². The van der Waals surface area contributed by atoms with Gasteiger partial charge in [0.15, 0.2) is 18.0 Å². The van der Waals surface area contributed by atoms with Crippen LogP contribution in [0.2, 0.25) is 0 Å². The molecule has 0 aromatic carbocycles. The highest BCUT2D eigenvalue weighted by Crippen LogP contribution is 2.67. The van der Waals surface area contributed by atoms with Gasteiger partial charge in [-0.3, -0.25) is 9.78 Å². The number of aliphatic hydroxyl groups is 2. The average molecular weight is 659 g/mol. The maximum Gasteiger partial charge on any atom is 0.337 e. The molecule has 3 N–H and O–H groups in total. The zero-order valence-electron chi connectivity index (χ0n) is 28.1. The van der Waals surface area contributed by atoms with Crippen LogP contribution < -0.4 is 5.32 Å². The standard InChI is InChI=1S/C35H47FN2O9/c1-9-24-45-28-25-17(2)22(44-31(41)27(40)26(37-8)21-11-10-20(36)15-38-21)14-35(42,32(25,5)6)18(3)29-33(7,30(28)46-24)13-12-23-34(29,16-43-23)47-19(4)39/h9-11,15,18,22-24,26-30,37,40,42H,1,12-14,16H2,2-8H3/t18-,22-,23+,24+,26-,27+,28+,29-,30+,33+,34-,35+/m0/s1. The Kier molecular flexibility index (Phi) is 8.50. The minimum atomic E-state index is -1.69. The molecule has 11 nitrogen and oxygen atoms in total. The zero-order valence-corrected chi connectivity index (χ0v) is 28.1. The molecule has 2 saturated carbocycles. The van der Waals surface area contributed by atoms with Gasteiger partial charge < -0.3 is 39.2 Å². The van der Waals surface area contributed by atoms with E-state index in [0.29, 0.717) is 18.4 Å². The number of carbonyl (C=O) groups is 2. The topological polar surface area (TPSA) is 146 Å². The van der Waals surface area contributed by atoms with Crippen LogP contribution in [0.4, 0.5) is 4.39 Å². The molecule has 0 unspecified atom stereocenters. The van der Waals surface area contributed by atoms with E-state index in [0.717, 1.165) is 11.8 Å². The molecule has 258 valence electrons. The van der Waals surface area contributed by atoms with Crippen LogP contribution in [0.3, 0.4) is 0 Å². The van der Waals surface area contributed by atoms with E-state index >= 15 is 0 Å². The summed E-state index contributed by atoms with van der Waals surface area (Å²) in [4.78, 5) is 30.3. The lowest BCUT2D eigenvalue weighted by atomic mass is 9.43. The molecule has 0 spiro atoms. The number of nitrogens with zero attached hydrogens (tertiary/aromatic N) is 1. The van der Waals surface area contributed by atoms with Crippen molar-refractivity contribution in [2.24, 2.45) is 22.7 Å². The van der Waals surface area contributed by atoms with Gasteiger partial charge >= 0.3 is 11.9 Å². The Morgan fingerprint density at radius 1 is 1.26 bits per heavy atom. The van der Waals surface area contributed by atoms with Crippen molar-refractivity contribution in [1.82, 2.24) is 10.3 Å². The fourth-order valence-corrected chi connectivity index (χ4v) is 9.89. The van der Waals surface area contributed by atoms with E-state index in [9.17, 15) is 24.2 Å². The van der Waals surface area contributed by atoms with E-state index in [1.807, 2.05) is 27.7 Å². The summed E-state index contributed by atoms with van der Waals surface area (Å²) in [6.07, 6.45) is -0.906. The molecular weight excluding hydrogens is 611 g/mol. The van der Waals surface area contributed by atoms with Gasteiger partial charge in [-0.1, -0.05) is 34.3 Å². The number of likely N-dealkylation sites (N-methyl/N-ethyl adjacent to an activating group) is 1. The molecule has 1 aromatic heterocycles. The fourth-order valence-electron chi connectivity index (χ4n) is 9.89. The number of ether oxygens (including phenoxy) is 5. The van der Waals surface area contributed by atoms with Crippen LogP contribution in [-0.4, -0.2) is 88.8 Å². The van der Waals surface area contributed by atoms with Crippen LogP contribution in [0.25, 0.3) is 0 Å². The van der Waals surface area contributed by atoms with Gasteiger partial charge in [0.05, 0.1) is 36.2 Å². The first-order valence-electron chi connectivity index (χ1n) is 16.4. The summed E-state index contributed by atoms with van der Waals surface area (Å²) in [7, 11) is 1.55. The second-order valence-electron chi connectivity index (χ2n) is 14.8. The van der Waals surface area contributed by atoms with Crippen molar-refractivity contribution < 1.29 is 47.9 Å². The second-order valence-corrected chi connectivity index (χ2v) is 14.8. The Morgan fingerprint density at radius 2 is 1.98 bits per heavy atom. The summed E-state index contributed by atoms with van der Waals surface area (Å²) in [5.41, 5.74) is -2.31. The maximum atomic E-state index is 13.6. The third kappa shape index (κ3) is 4.93. The number of esters is 2. The van der Waals surface area contributed by atoms with Crippen molar-refractivity contribution in [2.45, 2.75) is 115 Å². The SMILES string of the molecule is C=C[C@@H]1O[C@@H]2C3=C(C)[C@@H](OC(=O)[C@H](O)[C@@H](NC)c4ccc(F)cn4)C[C@@](O)([C@@H](C)[C@H]4[C@@](C)(CC[C@H]5OC[C@]54OC(C)=O)[C@@H]2O1)C3(C)C. The third-order valence-corrected chi connectivity index (χ3v) is 12.1. The van der Waals surface area contributed by atoms with Crippen molar-refractivity contribution in [3.05, 3.63) is 53.6 Å². The molecule has 2 aliphatic heterocycles. The summed E-state index contributed by atoms with van der Waals surface area (Å²) < 4.78 is 45.0. The van der Waals surface area contributed by atoms with Crippen molar-refractivity contribution in [2.75, 3.05) is 13.7 Å². The van der Waals surface area contributed by atoms with Gasteiger partial charge in [0.2, 0.25) is 0 Å². The Bertz CT molecular complexity index is 1470.